The Kier molecular flexibility index (Phi) is 3.14. The maximum absolute atomic E-state index is 11.5. The van der Waals surface area contributed by atoms with Crippen molar-refractivity contribution in [3.05, 3.63) is 41.8 Å². The average Bonchev–Trinajstić information content (AvgIpc) is 3.29. The number of benzene rings is 2. The summed E-state index contributed by atoms with van der Waals surface area (Å²) in [7, 11) is 0. The molecule has 25 heavy (non-hydrogen) atoms. The van der Waals surface area contributed by atoms with Crippen LogP contribution >= 0.6 is 11.3 Å². The summed E-state index contributed by atoms with van der Waals surface area (Å²) in [5, 5.41) is 5.71. The van der Waals surface area contributed by atoms with Crippen molar-refractivity contribution in [3.63, 3.8) is 0 Å². The van der Waals surface area contributed by atoms with Crippen molar-refractivity contribution >= 4 is 22.9 Å². The molecule has 1 aromatic heterocycles. The van der Waals surface area contributed by atoms with Gasteiger partial charge in [-0.2, -0.15) is 0 Å². The summed E-state index contributed by atoms with van der Waals surface area (Å²) < 4.78 is 16.2. The van der Waals surface area contributed by atoms with E-state index in [-0.39, 0.29) is 19.3 Å². The lowest BCUT2D eigenvalue weighted by Crippen LogP contribution is -2.25. The smallest absolute Gasteiger partial charge is 0.262 e. The van der Waals surface area contributed by atoms with Crippen molar-refractivity contribution in [2.24, 2.45) is 0 Å². The topological polar surface area (TPSA) is 69.7 Å². The standard InChI is InChI=1S/C18H12N2O4S/c21-17-7-22-14-3-1-10(5-12(14)19-17)13-8-25-18(20-13)11-2-4-15-16(6-11)24-9-23-15/h1-6,8H,7,9H2,(H,19,21). The van der Waals surface area contributed by atoms with E-state index in [9.17, 15) is 4.79 Å². The quantitative estimate of drug-likeness (QED) is 0.764. The molecule has 1 N–H and O–H groups in total. The number of nitrogens with one attached hydrogen (secondary N) is 1. The molecule has 3 heterocycles. The highest BCUT2D eigenvalue weighted by Gasteiger charge is 2.18. The molecule has 3 aromatic rings. The summed E-state index contributed by atoms with van der Waals surface area (Å²) in [6, 6.07) is 11.5. The number of thiazole rings is 1. The number of fused-ring (bicyclic) bond motifs is 2. The number of aromatic nitrogens is 1. The van der Waals surface area contributed by atoms with Crippen LogP contribution in [0.1, 0.15) is 0 Å². The number of carbonyl (C=O) groups excluding carboxylic acids is 1. The molecular weight excluding hydrogens is 340 g/mol. The van der Waals surface area contributed by atoms with Crippen molar-refractivity contribution in [1.82, 2.24) is 4.98 Å². The highest BCUT2D eigenvalue weighted by atomic mass is 32.1. The number of carbonyl (C=O) groups is 1. The van der Waals surface area contributed by atoms with Gasteiger partial charge in [0.1, 0.15) is 10.8 Å². The number of amides is 1. The highest BCUT2D eigenvalue weighted by Crippen LogP contribution is 2.38. The van der Waals surface area contributed by atoms with Gasteiger partial charge in [0.15, 0.2) is 18.1 Å². The molecular formula is C18H12N2O4S. The molecule has 0 aliphatic carbocycles. The first-order valence-electron chi connectivity index (χ1n) is 7.69. The lowest BCUT2D eigenvalue weighted by Gasteiger charge is -2.18. The van der Waals surface area contributed by atoms with E-state index in [0.29, 0.717) is 11.4 Å². The third-order valence-corrected chi connectivity index (χ3v) is 4.92. The van der Waals surface area contributed by atoms with Crippen LogP contribution in [0.15, 0.2) is 41.8 Å². The first-order chi connectivity index (χ1) is 12.3. The molecule has 0 fully saturated rings. The first kappa shape index (κ1) is 14.3. The van der Waals surface area contributed by atoms with Crippen LogP contribution in [0, 0.1) is 0 Å². The lowest BCUT2D eigenvalue weighted by atomic mass is 10.1. The number of hydrogen-bond acceptors (Lipinski definition) is 6. The highest BCUT2D eigenvalue weighted by molar-refractivity contribution is 7.13. The Labute approximate surface area is 147 Å². The Morgan fingerprint density at radius 3 is 2.76 bits per heavy atom. The second kappa shape index (κ2) is 5.49. The van der Waals surface area contributed by atoms with Gasteiger partial charge in [-0.3, -0.25) is 4.79 Å². The van der Waals surface area contributed by atoms with Crippen molar-refractivity contribution in [1.29, 1.82) is 0 Å². The third-order valence-electron chi connectivity index (χ3n) is 4.03. The maximum atomic E-state index is 11.5. The van der Waals surface area contributed by atoms with Gasteiger partial charge in [-0.15, -0.1) is 11.3 Å². The molecule has 124 valence electrons. The van der Waals surface area contributed by atoms with Gasteiger partial charge in [-0.1, -0.05) is 0 Å². The predicted octanol–water partition coefficient (Wildman–Crippen LogP) is 3.54. The number of ether oxygens (including phenoxy) is 3. The molecule has 2 aliphatic heterocycles. The van der Waals surface area contributed by atoms with Crippen molar-refractivity contribution < 1.29 is 19.0 Å². The molecule has 1 amide bonds. The van der Waals surface area contributed by atoms with Gasteiger partial charge in [0.05, 0.1) is 11.4 Å². The second-order valence-corrected chi connectivity index (χ2v) is 6.51. The van der Waals surface area contributed by atoms with Crippen molar-refractivity contribution in [2.75, 3.05) is 18.7 Å². The van der Waals surface area contributed by atoms with Gasteiger partial charge in [0.25, 0.3) is 5.91 Å². The molecule has 5 rings (SSSR count). The molecule has 0 saturated heterocycles. The van der Waals surface area contributed by atoms with E-state index in [4.69, 9.17) is 19.2 Å². The van der Waals surface area contributed by atoms with E-state index in [1.54, 1.807) is 11.3 Å². The van der Waals surface area contributed by atoms with E-state index in [2.05, 4.69) is 5.32 Å². The van der Waals surface area contributed by atoms with Gasteiger partial charge in [-0.25, -0.2) is 4.98 Å². The summed E-state index contributed by atoms with van der Waals surface area (Å²) in [6.07, 6.45) is 0. The third kappa shape index (κ3) is 2.49. The zero-order valence-corrected chi connectivity index (χ0v) is 13.8. The zero-order chi connectivity index (χ0) is 16.8. The fourth-order valence-corrected chi connectivity index (χ4v) is 3.64. The van der Waals surface area contributed by atoms with Crippen molar-refractivity contribution in [2.45, 2.75) is 0 Å². The van der Waals surface area contributed by atoms with E-state index in [0.717, 1.165) is 33.3 Å². The van der Waals surface area contributed by atoms with Crippen LogP contribution in [0.5, 0.6) is 17.2 Å². The van der Waals surface area contributed by atoms with E-state index in [1.165, 1.54) is 0 Å². The molecule has 7 heteroatoms. The Balaban J connectivity index is 1.48. The van der Waals surface area contributed by atoms with Crippen LogP contribution in [0.2, 0.25) is 0 Å². The first-order valence-corrected chi connectivity index (χ1v) is 8.57. The predicted molar refractivity (Wildman–Crippen MR) is 93.2 cm³/mol. The molecule has 0 spiro atoms. The Hall–Kier alpha value is -3.06. The largest absolute Gasteiger partial charge is 0.482 e. The van der Waals surface area contributed by atoms with Crippen LogP contribution in [0.4, 0.5) is 5.69 Å². The van der Waals surface area contributed by atoms with Gasteiger partial charge in [0.2, 0.25) is 6.79 Å². The molecule has 2 aliphatic rings. The van der Waals surface area contributed by atoms with E-state index < -0.39 is 0 Å². The van der Waals surface area contributed by atoms with Gasteiger partial charge >= 0.3 is 0 Å². The number of rotatable bonds is 2. The molecule has 0 saturated carbocycles. The van der Waals surface area contributed by atoms with Gasteiger partial charge in [-0.05, 0) is 36.4 Å². The molecule has 0 radical (unpaired) electrons. The van der Waals surface area contributed by atoms with Crippen LogP contribution in [0.25, 0.3) is 21.8 Å². The molecule has 0 bridgehead atoms. The normalized spacial score (nSPS) is 14.6. The fraction of sp³-hybridized carbons (Fsp3) is 0.111. The molecule has 2 aromatic carbocycles. The maximum Gasteiger partial charge on any atom is 0.262 e. The number of anilines is 1. The summed E-state index contributed by atoms with van der Waals surface area (Å²) in [5.74, 6) is 2.02. The zero-order valence-electron chi connectivity index (χ0n) is 12.9. The monoisotopic (exact) mass is 352 g/mol. The van der Waals surface area contributed by atoms with Crippen LogP contribution in [-0.4, -0.2) is 24.3 Å². The second-order valence-electron chi connectivity index (χ2n) is 5.65. The molecule has 6 nitrogen and oxygen atoms in total. The van der Waals surface area contributed by atoms with E-state index in [1.807, 2.05) is 41.8 Å². The average molecular weight is 352 g/mol. The summed E-state index contributed by atoms with van der Waals surface area (Å²) in [5.41, 5.74) is 3.43. The molecule has 0 atom stereocenters. The number of hydrogen-bond donors (Lipinski definition) is 1. The summed E-state index contributed by atoms with van der Waals surface area (Å²) >= 11 is 1.55. The summed E-state index contributed by atoms with van der Waals surface area (Å²) in [4.78, 5) is 16.2. The Bertz CT molecular complexity index is 998. The SMILES string of the molecule is O=C1COc2ccc(-c3csc(-c4ccc5c(c4)OCO5)n3)cc2N1. The Morgan fingerprint density at radius 1 is 0.960 bits per heavy atom. The minimum Gasteiger partial charge on any atom is -0.482 e. The van der Waals surface area contributed by atoms with Gasteiger partial charge in [0, 0.05) is 16.5 Å². The van der Waals surface area contributed by atoms with Crippen LogP contribution < -0.4 is 19.5 Å². The van der Waals surface area contributed by atoms with Crippen molar-refractivity contribution in [3.8, 4) is 39.1 Å². The number of nitrogens with zero attached hydrogens (tertiary/aromatic N) is 1. The minimum atomic E-state index is -0.149. The van der Waals surface area contributed by atoms with E-state index >= 15 is 0 Å². The van der Waals surface area contributed by atoms with Crippen LogP contribution in [-0.2, 0) is 4.79 Å². The Morgan fingerprint density at radius 2 is 1.80 bits per heavy atom. The minimum absolute atomic E-state index is 0.0529. The molecule has 0 unspecified atom stereocenters. The fourth-order valence-electron chi connectivity index (χ4n) is 2.81. The van der Waals surface area contributed by atoms with Gasteiger partial charge < -0.3 is 19.5 Å². The summed E-state index contributed by atoms with van der Waals surface area (Å²) in [6.45, 7) is 0.308. The lowest BCUT2D eigenvalue weighted by molar-refractivity contribution is -0.118. The van der Waals surface area contributed by atoms with Crippen LogP contribution in [0.3, 0.4) is 0 Å².